The number of benzene rings is 1. The van der Waals surface area contributed by atoms with E-state index in [1.54, 1.807) is 20.4 Å². The van der Waals surface area contributed by atoms with Gasteiger partial charge in [-0.15, -0.1) is 0 Å². The summed E-state index contributed by atoms with van der Waals surface area (Å²) in [5.41, 5.74) is 2.06. The minimum atomic E-state index is 0.576. The molecule has 0 spiro atoms. The first kappa shape index (κ1) is 16.1. The molecule has 0 amide bonds. The highest BCUT2D eigenvalue weighted by atomic mass is 35.5. The van der Waals surface area contributed by atoms with Crippen LogP contribution in [-0.4, -0.2) is 25.1 Å². The minimum Gasteiger partial charge on any atom is -0.481 e. The van der Waals surface area contributed by atoms with Gasteiger partial charge in [0.2, 0.25) is 5.88 Å². The van der Waals surface area contributed by atoms with Gasteiger partial charge in [0, 0.05) is 36.9 Å². The summed E-state index contributed by atoms with van der Waals surface area (Å²) in [5, 5.41) is 7.20. The molecular weight excluding hydrogens is 300 g/mol. The molecule has 0 unspecified atom stereocenters. The largest absolute Gasteiger partial charge is 0.481 e. The molecule has 2 N–H and O–H groups in total. The van der Waals surface area contributed by atoms with Crippen molar-refractivity contribution in [2.75, 3.05) is 14.2 Å². The molecule has 0 saturated carbocycles. The Morgan fingerprint density at radius 2 is 2.05 bits per heavy atom. The summed E-state index contributed by atoms with van der Waals surface area (Å²) in [7, 11) is 3.34. The van der Waals surface area contributed by atoms with Gasteiger partial charge in [-0.05, 0) is 23.8 Å². The molecule has 0 aliphatic rings. The maximum atomic E-state index is 5.97. The van der Waals surface area contributed by atoms with Crippen LogP contribution in [0.5, 0.6) is 5.88 Å². The molecule has 0 aliphatic carbocycles. The number of nitrogens with zero attached hydrogens (tertiary/aromatic N) is 2. The summed E-state index contributed by atoms with van der Waals surface area (Å²) in [6.45, 7) is 1.22. The standard InChI is InChI=1S/C16H19ClN4O/c1-18-16(20-10-12-5-3-7-14(17)9-12)21-11-13-6-4-8-19-15(13)22-2/h3-9H,10-11H2,1-2H3,(H2,18,20,21). The van der Waals surface area contributed by atoms with Crippen LogP contribution in [-0.2, 0) is 13.1 Å². The second-order valence-corrected chi connectivity index (χ2v) is 5.02. The molecule has 2 rings (SSSR count). The van der Waals surface area contributed by atoms with Crippen LogP contribution in [0, 0.1) is 0 Å². The van der Waals surface area contributed by atoms with Crippen molar-refractivity contribution < 1.29 is 4.74 Å². The molecular formula is C16H19ClN4O. The van der Waals surface area contributed by atoms with E-state index in [1.807, 2.05) is 36.4 Å². The molecule has 22 heavy (non-hydrogen) atoms. The average Bonchev–Trinajstić information content (AvgIpc) is 2.55. The Bertz CT molecular complexity index is 646. The van der Waals surface area contributed by atoms with Crippen LogP contribution in [0.1, 0.15) is 11.1 Å². The Morgan fingerprint density at radius 3 is 2.77 bits per heavy atom. The molecule has 0 aliphatic heterocycles. The van der Waals surface area contributed by atoms with Crippen LogP contribution in [0.4, 0.5) is 0 Å². The van der Waals surface area contributed by atoms with E-state index in [0.717, 1.165) is 16.1 Å². The molecule has 6 heteroatoms. The number of ether oxygens (including phenoxy) is 1. The van der Waals surface area contributed by atoms with E-state index >= 15 is 0 Å². The number of halogens is 1. The third-order valence-electron chi connectivity index (χ3n) is 3.06. The fourth-order valence-electron chi connectivity index (χ4n) is 1.97. The lowest BCUT2D eigenvalue weighted by molar-refractivity contribution is 0.392. The Kier molecular flexibility index (Phi) is 6.03. The van der Waals surface area contributed by atoms with Crippen molar-refractivity contribution in [2.45, 2.75) is 13.1 Å². The lowest BCUT2D eigenvalue weighted by Crippen LogP contribution is -2.36. The summed E-state index contributed by atoms with van der Waals surface area (Å²) in [6.07, 6.45) is 1.70. The molecule has 0 saturated heterocycles. The van der Waals surface area contributed by atoms with Crippen molar-refractivity contribution >= 4 is 17.6 Å². The summed E-state index contributed by atoms with van der Waals surface area (Å²) in [6, 6.07) is 11.6. The highest BCUT2D eigenvalue weighted by Crippen LogP contribution is 2.13. The third kappa shape index (κ3) is 4.63. The first-order valence-electron chi connectivity index (χ1n) is 6.89. The SMILES string of the molecule is CN=C(NCc1cccc(Cl)c1)NCc1cccnc1OC. The van der Waals surface area contributed by atoms with E-state index in [2.05, 4.69) is 20.6 Å². The molecule has 0 bridgehead atoms. The molecule has 0 fully saturated rings. The van der Waals surface area contributed by atoms with Crippen LogP contribution in [0.3, 0.4) is 0 Å². The number of pyridine rings is 1. The second kappa shape index (κ2) is 8.24. The number of rotatable bonds is 5. The van der Waals surface area contributed by atoms with E-state index in [4.69, 9.17) is 16.3 Å². The molecule has 1 aromatic heterocycles. The maximum absolute atomic E-state index is 5.97. The van der Waals surface area contributed by atoms with E-state index in [0.29, 0.717) is 24.9 Å². The number of hydrogen-bond acceptors (Lipinski definition) is 3. The molecule has 5 nitrogen and oxygen atoms in total. The second-order valence-electron chi connectivity index (χ2n) is 4.58. The number of nitrogens with one attached hydrogen (secondary N) is 2. The number of aliphatic imine (C=N–C) groups is 1. The van der Waals surface area contributed by atoms with Gasteiger partial charge in [0.1, 0.15) is 0 Å². The highest BCUT2D eigenvalue weighted by Gasteiger charge is 2.04. The van der Waals surface area contributed by atoms with Crippen molar-refractivity contribution in [1.29, 1.82) is 0 Å². The molecule has 0 radical (unpaired) electrons. The monoisotopic (exact) mass is 318 g/mol. The normalized spacial score (nSPS) is 11.1. The zero-order valence-electron chi connectivity index (χ0n) is 12.6. The van der Waals surface area contributed by atoms with E-state index < -0.39 is 0 Å². The lowest BCUT2D eigenvalue weighted by Gasteiger charge is -2.13. The van der Waals surface area contributed by atoms with Crippen molar-refractivity contribution in [3.63, 3.8) is 0 Å². The first-order chi connectivity index (χ1) is 10.7. The van der Waals surface area contributed by atoms with Gasteiger partial charge in [0.05, 0.1) is 7.11 Å². The molecule has 116 valence electrons. The zero-order chi connectivity index (χ0) is 15.8. The zero-order valence-corrected chi connectivity index (χ0v) is 13.4. The average molecular weight is 319 g/mol. The van der Waals surface area contributed by atoms with E-state index in [9.17, 15) is 0 Å². The van der Waals surface area contributed by atoms with Crippen LogP contribution in [0.2, 0.25) is 5.02 Å². The Balaban J connectivity index is 1.90. The van der Waals surface area contributed by atoms with Gasteiger partial charge in [-0.2, -0.15) is 0 Å². The van der Waals surface area contributed by atoms with Crippen LogP contribution < -0.4 is 15.4 Å². The van der Waals surface area contributed by atoms with Crippen molar-refractivity contribution in [3.8, 4) is 5.88 Å². The van der Waals surface area contributed by atoms with Gasteiger partial charge in [0.25, 0.3) is 0 Å². The smallest absolute Gasteiger partial charge is 0.218 e. The fraction of sp³-hybridized carbons (Fsp3) is 0.250. The number of methoxy groups -OCH3 is 1. The summed E-state index contributed by atoms with van der Waals surface area (Å²) >= 11 is 5.97. The Labute approximate surface area is 135 Å². The molecule has 2 aromatic rings. The number of guanidine groups is 1. The minimum absolute atomic E-state index is 0.576. The van der Waals surface area contributed by atoms with Gasteiger partial charge in [0.15, 0.2) is 5.96 Å². The van der Waals surface area contributed by atoms with Gasteiger partial charge in [-0.3, -0.25) is 4.99 Å². The Hall–Kier alpha value is -2.27. The van der Waals surface area contributed by atoms with Gasteiger partial charge in [-0.1, -0.05) is 29.8 Å². The van der Waals surface area contributed by atoms with Crippen LogP contribution in [0.15, 0.2) is 47.6 Å². The predicted molar refractivity (Wildman–Crippen MR) is 89.3 cm³/mol. The molecule has 0 atom stereocenters. The lowest BCUT2D eigenvalue weighted by atomic mass is 10.2. The fourth-order valence-corrected chi connectivity index (χ4v) is 2.19. The van der Waals surface area contributed by atoms with Crippen molar-refractivity contribution in [3.05, 3.63) is 58.7 Å². The molecule has 1 heterocycles. The summed E-state index contributed by atoms with van der Waals surface area (Å²) in [4.78, 5) is 8.36. The number of hydrogen-bond donors (Lipinski definition) is 2. The van der Waals surface area contributed by atoms with Gasteiger partial charge >= 0.3 is 0 Å². The predicted octanol–water partition coefficient (Wildman–Crippen LogP) is 2.61. The topological polar surface area (TPSA) is 58.5 Å². The maximum Gasteiger partial charge on any atom is 0.218 e. The summed E-state index contributed by atoms with van der Waals surface area (Å²) in [5.74, 6) is 1.31. The Morgan fingerprint density at radius 1 is 1.23 bits per heavy atom. The van der Waals surface area contributed by atoms with Crippen LogP contribution in [0.25, 0.3) is 0 Å². The molecule has 1 aromatic carbocycles. The number of aromatic nitrogens is 1. The summed E-state index contributed by atoms with van der Waals surface area (Å²) < 4.78 is 5.23. The third-order valence-corrected chi connectivity index (χ3v) is 3.30. The first-order valence-corrected chi connectivity index (χ1v) is 7.27. The quantitative estimate of drug-likeness (QED) is 0.657. The van der Waals surface area contributed by atoms with Crippen LogP contribution >= 0.6 is 11.6 Å². The van der Waals surface area contributed by atoms with Crippen molar-refractivity contribution in [2.24, 2.45) is 4.99 Å². The van der Waals surface area contributed by atoms with Gasteiger partial charge in [-0.25, -0.2) is 4.98 Å². The van der Waals surface area contributed by atoms with E-state index in [-0.39, 0.29) is 0 Å². The van der Waals surface area contributed by atoms with Crippen molar-refractivity contribution in [1.82, 2.24) is 15.6 Å². The highest BCUT2D eigenvalue weighted by molar-refractivity contribution is 6.30. The van der Waals surface area contributed by atoms with E-state index in [1.165, 1.54) is 0 Å². The van der Waals surface area contributed by atoms with Gasteiger partial charge < -0.3 is 15.4 Å².